The first-order valence-electron chi connectivity index (χ1n) is 14.6. The van der Waals surface area contributed by atoms with Gasteiger partial charge in [-0.2, -0.15) is 0 Å². The van der Waals surface area contributed by atoms with Crippen LogP contribution in [0.2, 0.25) is 0 Å². The quantitative estimate of drug-likeness (QED) is 0.280. The van der Waals surface area contributed by atoms with E-state index < -0.39 is 41.1 Å². The fourth-order valence-electron chi connectivity index (χ4n) is 7.41. The van der Waals surface area contributed by atoms with E-state index in [1.165, 1.54) is 6.08 Å². The van der Waals surface area contributed by atoms with Crippen LogP contribution in [-0.4, -0.2) is 81.8 Å². The highest BCUT2D eigenvalue weighted by atomic mass is 16.6. The second-order valence-corrected chi connectivity index (χ2v) is 11.4. The summed E-state index contributed by atoms with van der Waals surface area (Å²) in [6.07, 6.45) is 6.79. The maximum absolute atomic E-state index is 14.6. The van der Waals surface area contributed by atoms with Crippen molar-refractivity contribution < 1.29 is 29.0 Å². The van der Waals surface area contributed by atoms with Gasteiger partial charge in [0, 0.05) is 12.6 Å². The maximum Gasteiger partial charge on any atom is 0.313 e. The van der Waals surface area contributed by atoms with Crippen molar-refractivity contribution in [2.24, 2.45) is 11.8 Å². The number of benzene rings is 1. The van der Waals surface area contributed by atoms with Gasteiger partial charge >= 0.3 is 5.97 Å². The minimum atomic E-state index is -1.18. The van der Waals surface area contributed by atoms with Crippen molar-refractivity contribution in [3.8, 4) is 0 Å². The molecule has 3 aliphatic rings. The number of nitrogens with zero attached hydrogens (tertiary/aromatic N) is 2. The Bertz CT molecular complexity index is 1110. The molecule has 1 spiro atoms. The Balaban J connectivity index is 1.83. The van der Waals surface area contributed by atoms with Gasteiger partial charge in [0.05, 0.1) is 24.2 Å². The number of aliphatic hydroxyl groups is 1. The molecule has 0 saturated carbocycles. The number of fused-ring (bicyclic) bond motifs is 1. The van der Waals surface area contributed by atoms with Gasteiger partial charge < -0.3 is 24.4 Å². The Kier molecular flexibility index (Phi) is 9.20. The van der Waals surface area contributed by atoms with Crippen molar-refractivity contribution in [3.05, 3.63) is 61.2 Å². The molecule has 3 unspecified atom stereocenters. The molecule has 2 amide bonds. The SMILES string of the molecule is C=CCOC(=O)[C@H]1[C@H]2C(=O)N([C@@H](CO)Cc3ccccc3)C(C(=O)N(CC=C)C(C)CCC)C23CC[C@]1(CC)O3. The molecule has 0 aliphatic carbocycles. The molecule has 7 atom stereocenters. The van der Waals surface area contributed by atoms with Crippen molar-refractivity contribution in [1.82, 2.24) is 9.80 Å². The van der Waals surface area contributed by atoms with Crippen LogP contribution in [0.3, 0.4) is 0 Å². The van der Waals surface area contributed by atoms with Crippen LogP contribution < -0.4 is 0 Å². The van der Waals surface area contributed by atoms with Crippen LogP contribution in [0.15, 0.2) is 55.6 Å². The Morgan fingerprint density at radius 1 is 1.23 bits per heavy atom. The van der Waals surface area contributed by atoms with E-state index in [0.717, 1.165) is 18.4 Å². The third-order valence-electron chi connectivity index (χ3n) is 9.22. The Hall–Kier alpha value is -2.97. The van der Waals surface area contributed by atoms with Gasteiger partial charge in [0.1, 0.15) is 24.2 Å². The Morgan fingerprint density at radius 3 is 2.55 bits per heavy atom. The molecule has 3 saturated heterocycles. The molecular formula is C32H44N2O6. The topological polar surface area (TPSA) is 96.4 Å². The maximum atomic E-state index is 14.6. The molecule has 1 N–H and O–H groups in total. The van der Waals surface area contributed by atoms with E-state index >= 15 is 0 Å². The normalized spacial score (nSPS) is 30.1. The molecule has 2 bridgehead atoms. The van der Waals surface area contributed by atoms with E-state index in [4.69, 9.17) is 9.47 Å². The van der Waals surface area contributed by atoms with Crippen LogP contribution in [0.4, 0.5) is 0 Å². The molecule has 3 aliphatic heterocycles. The molecule has 4 rings (SSSR count). The van der Waals surface area contributed by atoms with Crippen LogP contribution in [0.25, 0.3) is 0 Å². The van der Waals surface area contributed by atoms with Crippen molar-refractivity contribution in [1.29, 1.82) is 0 Å². The number of likely N-dealkylation sites (tertiary alicyclic amines) is 1. The first-order chi connectivity index (χ1) is 19.2. The number of carbonyl (C=O) groups excluding carboxylic acids is 3. The van der Waals surface area contributed by atoms with Gasteiger partial charge in [0.2, 0.25) is 11.8 Å². The highest BCUT2D eigenvalue weighted by molar-refractivity contribution is 5.99. The van der Waals surface area contributed by atoms with E-state index in [0.29, 0.717) is 32.2 Å². The lowest BCUT2D eigenvalue weighted by molar-refractivity contribution is -0.163. The summed E-state index contributed by atoms with van der Waals surface area (Å²) < 4.78 is 12.3. The fraction of sp³-hybridized carbons (Fsp3) is 0.594. The first-order valence-corrected chi connectivity index (χ1v) is 14.6. The van der Waals surface area contributed by atoms with Crippen LogP contribution >= 0.6 is 0 Å². The highest BCUT2D eigenvalue weighted by Crippen LogP contribution is 2.65. The molecular weight excluding hydrogens is 508 g/mol. The van der Waals surface area contributed by atoms with Gasteiger partial charge in [-0.1, -0.05) is 69.3 Å². The zero-order chi connectivity index (χ0) is 29.1. The average molecular weight is 553 g/mol. The molecule has 40 heavy (non-hydrogen) atoms. The molecule has 8 nitrogen and oxygen atoms in total. The molecule has 218 valence electrons. The van der Waals surface area contributed by atoms with Crippen molar-refractivity contribution in [3.63, 3.8) is 0 Å². The third-order valence-corrected chi connectivity index (χ3v) is 9.22. The monoisotopic (exact) mass is 552 g/mol. The van der Waals surface area contributed by atoms with E-state index in [1.807, 2.05) is 44.2 Å². The van der Waals surface area contributed by atoms with Gasteiger partial charge in [-0.05, 0) is 44.6 Å². The molecule has 1 aromatic carbocycles. The summed E-state index contributed by atoms with van der Waals surface area (Å²) >= 11 is 0. The number of esters is 1. The lowest BCUT2D eigenvalue weighted by Crippen LogP contribution is -2.60. The van der Waals surface area contributed by atoms with Gasteiger partial charge in [0.15, 0.2) is 0 Å². The number of hydrogen-bond donors (Lipinski definition) is 1. The van der Waals surface area contributed by atoms with Gasteiger partial charge in [0.25, 0.3) is 0 Å². The zero-order valence-corrected chi connectivity index (χ0v) is 24.1. The van der Waals surface area contributed by atoms with Crippen LogP contribution in [0, 0.1) is 11.8 Å². The summed E-state index contributed by atoms with van der Waals surface area (Å²) in [5, 5.41) is 10.6. The first kappa shape index (κ1) is 30.0. The van der Waals surface area contributed by atoms with Crippen molar-refractivity contribution >= 4 is 17.8 Å². The number of aliphatic hydroxyl groups excluding tert-OH is 1. The molecule has 0 aromatic heterocycles. The minimum Gasteiger partial charge on any atom is -0.461 e. The number of ether oxygens (including phenoxy) is 2. The van der Waals surface area contributed by atoms with Crippen molar-refractivity contribution in [2.75, 3.05) is 19.8 Å². The number of hydrogen-bond acceptors (Lipinski definition) is 6. The Labute approximate surface area is 238 Å². The summed E-state index contributed by atoms with van der Waals surface area (Å²) in [7, 11) is 0. The second kappa shape index (κ2) is 12.3. The molecule has 3 heterocycles. The third kappa shape index (κ3) is 4.90. The van der Waals surface area contributed by atoms with Gasteiger partial charge in [-0.15, -0.1) is 6.58 Å². The second-order valence-electron chi connectivity index (χ2n) is 11.4. The average Bonchev–Trinajstić information content (AvgIpc) is 3.57. The van der Waals surface area contributed by atoms with E-state index in [-0.39, 0.29) is 31.1 Å². The van der Waals surface area contributed by atoms with Crippen molar-refractivity contribution in [2.45, 2.75) is 88.6 Å². The largest absolute Gasteiger partial charge is 0.461 e. The lowest BCUT2D eigenvalue weighted by atomic mass is 9.65. The number of rotatable bonds is 14. The van der Waals surface area contributed by atoms with E-state index in [1.54, 1.807) is 15.9 Å². The lowest BCUT2D eigenvalue weighted by Gasteiger charge is -2.41. The zero-order valence-electron chi connectivity index (χ0n) is 24.1. The van der Waals surface area contributed by atoms with Crippen LogP contribution in [-0.2, 0) is 30.3 Å². The summed E-state index contributed by atoms with van der Waals surface area (Å²) in [5.74, 6) is -2.76. The van der Waals surface area contributed by atoms with Crippen LogP contribution in [0.5, 0.6) is 0 Å². The predicted octanol–water partition coefficient (Wildman–Crippen LogP) is 3.68. The Morgan fingerprint density at radius 2 is 1.95 bits per heavy atom. The molecule has 3 fully saturated rings. The van der Waals surface area contributed by atoms with Gasteiger partial charge in [-0.3, -0.25) is 14.4 Å². The van der Waals surface area contributed by atoms with E-state index in [9.17, 15) is 19.5 Å². The minimum absolute atomic E-state index is 0.0318. The summed E-state index contributed by atoms with van der Waals surface area (Å²) in [4.78, 5) is 46.0. The molecule has 0 radical (unpaired) electrons. The molecule has 8 heteroatoms. The summed E-state index contributed by atoms with van der Waals surface area (Å²) in [6.45, 7) is 13.6. The van der Waals surface area contributed by atoms with E-state index in [2.05, 4.69) is 20.1 Å². The number of amides is 2. The standard InChI is InChI=1S/C32H44N2O6/c1-6-13-22(5)33(18-7-2)29(37)27-32-17-16-31(9-4,40-32)26(30(38)39-19-8-3)25(32)28(36)34(27)24(21-35)20-23-14-11-10-12-15-23/h7-8,10-12,14-15,22,24-27,35H,2-3,6,9,13,16-21H2,1,4-5H3/t22?,24-,25+,26-,27?,31+,32?/m1/s1. The number of carbonyl (C=O) groups is 3. The smallest absolute Gasteiger partial charge is 0.313 e. The predicted molar refractivity (Wildman–Crippen MR) is 152 cm³/mol. The van der Waals surface area contributed by atoms with Gasteiger partial charge in [-0.25, -0.2) is 0 Å². The highest BCUT2D eigenvalue weighted by Gasteiger charge is 2.79. The fourth-order valence-corrected chi connectivity index (χ4v) is 7.41. The molecule has 1 aromatic rings. The summed E-state index contributed by atoms with van der Waals surface area (Å²) in [6, 6.07) is 7.88. The van der Waals surface area contributed by atoms with Crippen LogP contribution in [0.1, 0.15) is 58.4 Å². The summed E-state index contributed by atoms with van der Waals surface area (Å²) in [5.41, 5.74) is -1.12.